The molecule has 0 radical (unpaired) electrons. The van der Waals surface area contributed by atoms with E-state index in [-0.39, 0.29) is 5.97 Å². The first kappa shape index (κ1) is 10.7. The smallest absolute Gasteiger partial charge is 0.310 e. The van der Waals surface area contributed by atoms with E-state index in [4.69, 9.17) is 0 Å². The summed E-state index contributed by atoms with van der Waals surface area (Å²) in [7, 11) is 1.39. The molecule has 0 N–H and O–H groups in total. The van der Waals surface area contributed by atoms with Crippen LogP contribution in [0.25, 0.3) is 0 Å². The normalized spacial score (nSPS) is 9.86. The third-order valence-corrected chi connectivity index (χ3v) is 1.97. The van der Waals surface area contributed by atoms with Gasteiger partial charge in [-0.25, -0.2) is 0 Å². The van der Waals surface area contributed by atoms with Crippen molar-refractivity contribution < 1.29 is 9.53 Å². The number of methoxy groups -OCH3 is 1. The molecule has 0 bridgehead atoms. The summed E-state index contributed by atoms with van der Waals surface area (Å²) in [6.45, 7) is 2.12. The van der Waals surface area contributed by atoms with Crippen molar-refractivity contribution in [1.29, 1.82) is 0 Å². The van der Waals surface area contributed by atoms with Crippen molar-refractivity contribution in [2.75, 3.05) is 7.11 Å². The van der Waals surface area contributed by atoms with Gasteiger partial charge in [-0.15, -0.1) is 0 Å². The zero-order valence-electron chi connectivity index (χ0n) is 8.62. The Morgan fingerprint density at radius 1 is 1.43 bits per heavy atom. The topological polar surface area (TPSA) is 39.2 Å². The van der Waals surface area contributed by atoms with Crippen molar-refractivity contribution in [2.24, 2.45) is 0 Å². The number of carbonyl (C=O) groups is 1. The predicted molar refractivity (Wildman–Crippen MR) is 54.0 cm³/mol. The van der Waals surface area contributed by atoms with E-state index in [1.165, 1.54) is 12.7 Å². The summed E-state index contributed by atoms with van der Waals surface area (Å²) in [6, 6.07) is 2.01. The number of aromatic nitrogens is 1. The molecular weight excluding hydrogens is 178 g/mol. The zero-order chi connectivity index (χ0) is 10.4. The highest BCUT2D eigenvalue weighted by Crippen LogP contribution is 2.06. The van der Waals surface area contributed by atoms with E-state index in [0.29, 0.717) is 6.42 Å². The lowest BCUT2D eigenvalue weighted by atomic mass is 10.1. The summed E-state index contributed by atoms with van der Waals surface area (Å²) in [5.41, 5.74) is 2.09. The molecule has 0 unspecified atom stereocenters. The molecule has 0 saturated heterocycles. The maximum atomic E-state index is 11.0. The Hall–Kier alpha value is -1.38. The second kappa shape index (κ2) is 5.37. The van der Waals surface area contributed by atoms with Crippen molar-refractivity contribution in [2.45, 2.75) is 26.2 Å². The molecule has 0 amide bonds. The molecule has 76 valence electrons. The van der Waals surface area contributed by atoms with Crippen LogP contribution in [-0.2, 0) is 22.4 Å². The molecule has 0 atom stereocenters. The fourth-order valence-electron chi connectivity index (χ4n) is 1.30. The number of hydrogen-bond donors (Lipinski definition) is 0. The third kappa shape index (κ3) is 3.17. The molecule has 1 heterocycles. The highest BCUT2D eigenvalue weighted by molar-refractivity contribution is 5.72. The molecule has 1 aromatic heterocycles. The lowest BCUT2D eigenvalue weighted by molar-refractivity contribution is -0.139. The Bertz CT molecular complexity index is 310. The molecule has 0 aliphatic rings. The first-order valence-electron chi connectivity index (χ1n) is 4.76. The number of aryl methyl sites for hydroxylation is 1. The van der Waals surface area contributed by atoms with Gasteiger partial charge in [0.1, 0.15) is 0 Å². The van der Waals surface area contributed by atoms with Crippen LogP contribution in [0.3, 0.4) is 0 Å². The molecule has 3 nitrogen and oxygen atoms in total. The average Bonchev–Trinajstić information content (AvgIpc) is 2.19. The lowest BCUT2D eigenvalue weighted by Gasteiger charge is -2.02. The van der Waals surface area contributed by atoms with Crippen LogP contribution >= 0.6 is 0 Å². The maximum Gasteiger partial charge on any atom is 0.310 e. The van der Waals surface area contributed by atoms with Crippen LogP contribution in [0.4, 0.5) is 0 Å². The Morgan fingerprint density at radius 2 is 2.14 bits per heavy atom. The van der Waals surface area contributed by atoms with E-state index >= 15 is 0 Å². The third-order valence-electron chi connectivity index (χ3n) is 1.97. The van der Waals surface area contributed by atoms with E-state index in [1.807, 2.05) is 12.3 Å². The predicted octanol–water partition coefficient (Wildman–Crippen LogP) is 1.75. The van der Waals surface area contributed by atoms with Crippen LogP contribution in [0.15, 0.2) is 18.5 Å². The van der Waals surface area contributed by atoms with Gasteiger partial charge in [0.15, 0.2) is 0 Å². The van der Waals surface area contributed by atoms with E-state index < -0.39 is 0 Å². The van der Waals surface area contributed by atoms with Gasteiger partial charge < -0.3 is 4.74 Å². The van der Waals surface area contributed by atoms with Gasteiger partial charge in [0, 0.05) is 12.4 Å². The molecule has 0 aromatic carbocycles. The van der Waals surface area contributed by atoms with Gasteiger partial charge in [0.05, 0.1) is 13.5 Å². The van der Waals surface area contributed by atoms with Crippen LogP contribution in [-0.4, -0.2) is 18.1 Å². The molecule has 0 spiro atoms. The highest BCUT2D eigenvalue weighted by atomic mass is 16.5. The molecular formula is C11H15NO2. The molecule has 14 heavy (non-hydrogen) atoms. The summed E-state index contributed by atoms with van der Waals surface area (Å²) in [5, 5.41) is 0. The minimum absolute atomic E-state index is 0.222. The SMILES string of the molecule is CCCc1cncc(CC(=O)OC)c1. The van der Waals surface area contributed by atoms with Crippen LogP contribution in [0, 0.1) is 0 Å². The van der Waals surface area contributed by atoms with Crippen molar-refractivity contribution >= 4 is 5.97 Å². The second-order valence-corrected chi connectivity index (χ2v) is 3.20. The van der Waals surface area contributed by atoms with Gasteiger partial charge in [-0.3, -0.25) is 9.78 Å². The monoisotopic (exact) mass is 193 g/mol. The standard InChI is InChI=1S/C11H15NO2/c1-3-4-9-5-10(8-12-7-9)6-11(13)14-2/h5,7-8H,3-4,6H2,1-2H3. The fourth-order valence-corrected chi connectivity index (χ4v) is 1.30. The molecule has 0 saturated carbocycles. The Labute approximate surface area is 84.1 Å². The minimum atomic E-state index is -0.222. The van der Waals surface area contributed by atoms with E-state index in [1.54, 1.807) is 6.20 Å². The average molecular weight is 193 g/mol. The summed E-state index contributed by atoms with van der Waals surface area (Å²) in [5.74, 6) is -0.222. The van der Waals surface area contributed by atoms with Gasteiger partial charge in [-0.1, -0.05) is 19.4 Å². The number of hydrogen-bond acceptors (Lipinski definition) is 3. The van der Waals surface area contributed by atoms with Gasteiger partial charge in [0.2, 0.25) is 0 Å². The minimum Gasteiger partial charge on any atom is -0.469 e. The first-order chi connectivity index (χ1) is 6.76. The first-order valence-corrected chi connectivity index (χ1v) is 4.76. The van der Waals surface area contributed by atoms with Crippen LogP contribution < -0.4 is 0 Å². The lowest BCUT2D eigenvalue weighted by Crippen LogP contribution is -2.05. The van der Waals surface area contributed by atoms with Gasteiger partial charge in [-0.05, 0) is 17.5 Å². The van der Waals surface area contributed by atoms with Crippen LogP contribution in [0.2, 0.25) is 0 Å². The second-order valence-electron chi connectivity index (χ2n) is 3.20. The molecule has 0 aliphatic carbocycles. The molecule has 0 aliphatic heterocycles. The van der Waals surface area contributed by atoms with E-state index in [9.17, 15) is 4.79 Å². The Kier molecular flexibility index (Phi) is 4.11. The van der Waals surface area contributed by atoms with Crippen LogP contribution in [0.1, 0.15) is 24.5 Å². The molecule has 1 rings (SSSR count). The number of rotatable bonds is 4. The number of nitrogens with zero attached hydrogens (tertiary/aromatic N) is 1. The summed E-state index contributed by atoms with van der Waals surface area (Å²) in [6.07, 6.45) is 5.94. The van der Waals surface area contributed by atoms with Crippen molar-refractivity contribution in [3.8, 4) is 0 Å². The quantitative estimate of drug-likeness (QED) is 0.684. The summed E-state index contributed by atoms with van der Waals surface area (Å²) < 4.78 is 4.59. The van der Waals surface area contributed by atoms with E-state index in [0.717, 1.165) is 18.4 Å². The Balaban J connectivity index is 2.68. The van der Waals surface area contributed by atoms with Crippen molar-refractivity contribution in [1.82, 2.24) is 4.98 Å². The number of pyridine rings is 1. The van der Waals surface area contributed by atoms with Crippen molar-refractivity contribution in [3.63, 3.8) is 0 Å². The van der Waals surface area contributed by atoms with Crippen LogP contribution in [0.5, 0.6) is 0 Å². The molecule has 1 aromatic rings. The van der Waals surface area contributed by atoms with Gasteiger partial charge in [0.25, 0.3) is 0 Å². The molecule has 0 fully saturated rings. The number of ether oxygens (including phenoxy) is 1. The number of esters is 1. The van der Waals surface area contributed by atoms with Gasteiger partial charge >= 0.3 is 5.97 Å². The fraction of sp³-hybridized carbons (Fsp3) is 0.455. The molecule has 3 heteroatoms. The van der Waals surface area contributed by atoms with Crippen molar-refractivity contribution in [3.05, 3.63) is 29.6 Å². The Morgan fingerprint density at radius 3 is 2.79 bits per heavy atom. The highest BCUT2D eigenvalue weighted by Gasteiger charge is 2.03. The number of carbonyl (C=O) groups excluding carboxylic acids is 1. The van der Waals surface area contributed by atoms with Gasteiger partial charge in [-0.2, -0.15) is 0 Å². The largest absolute Gasteiger partial charge is 0.469 e. The zero-order valence-corrected chi connectivity index (χ0v) is 8.62. The summed E-state index contributed by atoms with van der Waals surface area (Å²) >= 11 is 0. The summed E-state index contributed by atoms with van der Waals surface area (Å²) in [4.78, 5) is 15.1. The maximum absolute atomic E-state index is 11.0. The van der Waals surface area contributed by atoms with E-state index in [2.05, 4.69) is 16.6 Å².